The minimum absolute atomic E-state index is 0.647. The molecule has 1 aliphatic rings. The number of carbonyl (C=O) groups is 1. The van der Waals surface area contributed by atoms with Crippen LogP contribution in [0.4, 0.5) is 5.82 Å². The van der Waals surface area contributed by atoms with Crippen LogP contribution in [0, 0.1) is 0 Å². The molecule has 1 aromatic rings. The Morgan fingerprint density at radius 2 is 2.12 bits per heavy atom. The van der Waals surface area contributed by atoms with Crippen LogP contribution in [0.1, 0.15) is 37.7 Å². The van der Waals surface area contributed by atoms with Gasteiger partial charge in [0.05, 0.1) is 0 Å². The third-order valence-corrected chi connectivity index (χ3v) is 3.29. The zero-order valence-electron chi connectivity index (χ0n) is 10.3. The van der Waals surface area contributed by atoms with Gasteiger partial charge < -0.3 is 9.69 Å². The second kappa shape index (κ2) is 6.38. The van der Waals surface area contributed by atoms with Crippen molar-refractivity contribution in [1.29, 1.82) is 0 Å². The van der Waals surface area contributed by atoms with E-state index in [0.29, 0.717) is 6.42 Å². The molecule has 0 unspecified atom stereocenters. The molecule has 92 valence electrons. The van der Waals surface area contributed by atoms with Crippen molar-refractivity contribution in [2.45, 2.75) is 38.5 Å². The van der Waals surface area contributed by atoms with Crippen molar-refractivity contribution in [3.8, 4) is 0 Å². The SMILES string of the molecule is O=CCCCc1cccnc1N1CCCCC1. The Hall–Kier alpha value is -1.38. The van der Waals surface area contributed by atoms with Crippen LogP contribution in [0.2, 0.25) is 0 Å². The molecule has 0 amide bonds. The summed E-state index contributed by atoms with van der Waals surface area (Å²) >= 11 is 0. The molecule has 0 radical (unpaired) electrons. The maximum absolute atomic E-state index is 10.4. The summed E-state index contributed by atoms with van der Waals surface area (Å²) in [6.45, 7) is 2.25. The van der Waals surface area contributed by atoms with Gasteiger partial charge in [-0.3, -0.25) is 0 Å². The molecule has 0 aromatic carbocycles. The highest BCUT2D eigenvalue weighted by atomic mass is 16.1. The van der Waals surface area contributed by atoms with Crippen LogP contribution in [0.3, 0.4) is 0 Å². The van der Waals surface area contributed by atoms with Gasteiger partial charge in [0.25, 0.3) is 0 Å². The Bertz CT molecular complexity index is 359. The summed E-state index contributed by atoms with van der Waals surface area (Å²) in [5.41, 5.74) is 1.29. The predicted octanol–water partition coefficient (Wildman–Crippen LogP) is 2.59. The van der Waals surface area contributed by atoms with E-state index in [1.54, 1.807) is 0 Å². The van der Waals surface area contributed by atoms with E-state index in [1.807, 2.05) is 12.3 Å². The predicted molar refractivity (Wildman–Crippen MR) is 69.3 cm³/mol. The summed E-state index contributed by atoms with van der Waals surface area (Å²) < 4.78 is 0. The van der Waals surface area contributed by atoms with Crippen molar-refractivity contribution in [1.82, 2.24) is 4.98 Å². The van der Waals surface area contributed by atoms with E-state index in [4.69, 9.17) is 0 Å². The van der Waals surface area contributed by atoms with E-state index < -0.39 is 0 Å². The normalized spacial score (nSPS) is 15.9. The molecule has 2 rings (SSSR count). The zero-order chi connectivity index (χ0) is 11.9. The third-order valence-electron chi connectivity index (χ3n) is 3.29. The fourth-order valence-electron chi connectivity index (χ4n) is 2.39. The minimum atomic E-state index is 0.647. The van der Waals surface area contributed by atoms with Crippen molar-refractivity contribution in [2.24, 2.45) is 0 Å². The first-order valence-corrected chi connectivity index (χ1v) is 6.54. The van der Waals surface area contributed by atoms with E-state index in [2.05, 4.69) is 16.0 Å². The summed E-state index contributed by atoms with van der Waals surface area (Å²) in [4.78, 5) is 17.3. The van der Waals surface area contributed by atoms with Crippen molar-refractivity contribution in [2.75, 3.05) is 18.0 Å². The smallest absolute Gasteiger partial charge is 0.131 e. The van der Waals surface area contributed by atoms with Gasteiger partial charge >= 0.3 is 0 Å². The van der Waals surface area contributed by atoms with Crippen LogP contribution >= 0.6 is 0 Å². The number of piperidine rings is 1. The lowest BCUT2D eigenvalue weighted by atomic mass is 10.1. The molecule has 0 saturated carbocycles. The highest BCUT2D eigenvalue weighted by molar-refractivity contribution is 5.50. The van der Waals surface area contributed by atoms with Gasteiger partial charge in [-0.25, -0.2) is 4.98 Å². The van der Waals surface area contributed by atoms with Gasteiger partial charge in [0.15, 0.2) is 0 Å². The van der Waals surface area contributed by atoms with Gasteiger partial charge in [0.2, 0.25) is 0 Å². The number of aromatic nitrogens is 1. The first-order chi connectivity index (χ1) is 8.42. The molecule has 1 aliphatic heterocycles. The summed E-state index contributed by atoms with van der Waals surface area (Å²) in [5, 5.41) is 0. The molecule has 1 saturated heterocycles. The van der Waals surface area contributed by atoms with Gasteiger partial charge in [0.1, 0.15) is 12.1 Å². The summed E-state index contributed by atoms with van der Waals surface area (Å²) in [6.07, 6.45) is 9.27. The highest BCUT2D eigenvalue weighted by Crippen LogP contribution is 2.22. The standard InChI is InChI=1S/C14H20N2O/c17-12-5-2-7-13-8-6-9-15-14(13)16-10-3-1-4-11-16/h6,8-9,12H,1-5,7,10-11H2. The fourth-order valence-corrected chi connectivity index (χ4v) is 2.39. The van der Waals surface area contributed by atoms with Gasteiger partial charge in [-0.05, 0) is 43.7 Å². The minimum Gasteiger partial charge on any atom is -0.356 e. The zero-order valence-corrected chi connectivity index (χ0v) is 10.3. The van der Waals surface area contributed by atoms with Crippen molar-refractivity contribution < 1.29 is 4.79 Å². The number of hydrogen-bond acceptors (Lipinski definition) is 3. The van der Waals surface area contributed by atoms with Crippen LogP contribution in [0.25, 0.3) is 0 Å². The molecule has 1 aromatic heterocycles. The van der Waals surface area contributed by atoms with Gasteiger partial charge in [-0.1, -0.05) is 6.07 Å². The fraction of sp³-hybridized carbons (Fsp3) is 0.571. The summed E-state index contributed by atoms with van der Waals surface area (Å²) in [5.74, 6) is 1.14. The van der Waals surface area contributed by atoms with Crippen LogP contribution in [0.15, 0.2) is 18.3 Å². The average Bonchev–Trinajstić information content (AvgIpc) is 2.41. The lowest BCUT2D eigenvalue weighted by Gasteiger charge is -2.29. The number of rotatable bonds is 5. The summed E-state index contributed by atoms with van der Waals surface area (Å²) in [6, 6.07) is 4.13. The Labute approximate surface area is 103 Å². The number of unbranched alkanes of at least 4 members (excludes halogenated alkanes) is 1. The molecule has 0 spiro atoms. The molecule has 3 nitrogen and oxygen atoms in total. The molecule has 0 atom stereocenters. The number of carbonyl (C=O) groups excluding carboxylic acids is 1. The highest BCUT2D eigenvalue weighted by Gasteiger charge is 2.14. The number of hydrogen-bond donors (Lipinski definition) is 0. The van der Waals surface area contributed by atoms with E-state index >= 15 is 0 Å². The second-order valence-electron chi connectivity index (χ2n) is 4.59. The number of aryl methyl sites for hydroxylation is 1. The molecule has 1 fully saturated rings. The number of aldehydes is 1. The molecule has 0 N–H and O–H groups in total. The van der Waals surface area contributed by atoms with E-state index in [9.17, 15) is 4.79 Å². The monoisotopic (exact) mass is 232 g/mol. The Balaban J connectivity index is 2.06. The van der Waals surface area contributed by atoms with Gasteiger partial charge in [-0.15, -0.1) is 0 Å². The molecule has 0 aliphatic carbocycles. The Morgan fingerprint density at radius 1 is 1.29 bits per heavy atom. The lowest BCUT2D eigenvalue weighted by molar-refractivity contribution is -0.107. The lowest BCUT2D eigenvalue weighted by Crippen LogP contribution is -2.31. The van der Waals surface area contributed by atoms with Crippen LogP contribution in [-0.4, -0.2) is 24.4 Å². The van der Waals surface area contributed by atoms with Crippen LogP contribution in [-0.2, 0) is 11.2 Å². The first kappa shape index (κ1) is 12.1. The topological polar surface area (TPSA) is 33.2 Å². The number of anilines is 1. The number of pyridine rings is 1. The van der Waals surface area contributed by atoms with Gasteiger partial charge in [-0.2, -0.15) is 0 Å². The van der Waals surface area contributed by atoms with Crippen LogP contribution in [0.5, 0.6) is 0 Å². The van der Waals surface area contributed by atoms with Crippen molar-refractivity contribution >= 4 is 12.1 Å². The largest absolute Gasteiger partial charge is 0.356 e. The van der Waals surface area contributed by atoms with Gasteiger partial charge in [0, 0.05) is 25.7 Å². The third kappa shape index (κ3) is 3.29. The Kier molecular flexibility index (Phi) is 4.54. The summed E-state index contributed by atoms with van der Waals surface area (Å²) in [7, 11) is 0. The van der Waals surface area contributed by atoms with Crippen molar-refractivity contribution in [3.05, 3.63) is 23.9 Å². The first-order valence-electron chi connectivity index (χ1n) is 6.54. The van der Waals surface area contributed by atoms with E-state index in [-0.39, 0.29) is 0 Å². The molecule has 2 heterocycles. The molecule has 0 bridgehead atoms. The maximum atomic E-state index is 10.4. The van der Waals surface area contributed by atoms with E-state index in [1.165, 1.54) is 24.8 Å². The second-order valence-corrected chi connectivity index (χ2v) is 4.59. The molecule has 17 heavy (non-hydrogen) atoms. The number of nitrogens with zero attached hydrogens (tertiary/aromatic N) is 2. The molecular weight excluding hydrogens is 212 g/mol. The van der Waals surface area contributed by atoms with E-state index in [0.717, 1.165) is 38.0 Å². The average molecular weight is 232 g/mol. The molecular formula is C14H20N2O. The van der Waals surface area contributed by atoms with Crippen molar-refractivity contribution in [3.63, 3.8) is 0 Å². The maximum Gasteiger partial charge on any atom is 0.131 e. The Morgan fingerprint density at radius 3 is 2.88 bits per heavy atom. The quantitative estimate of drug-likeness (QED) is 0.578. The van der Waals surface area contributed by atoms with Crippen LogP contribution < -0.4 is 4.90 Å². The molecule has 3 heteroatoms.